The molecule has 2 heterocycles. The lowest BCUT2D eigenvalue weighted by molar-refractivity contribution is -0.135. The summed E-state index contributed by atoms with van der Waals surface area (Å²) in [5.74, 6) is 1.07. The fourth-order valence-electron chi connectivity index (χ4n) is 2.83. The SMILES string of the molecule is COc1ccc([C@H]2CC(=O)Oc3ccc4nsnc4c32)cc1. The molecule has 0 bridgehead atoms. The van der Waals surface area contributed by atoms with E-state index in [1.54, 1.807) is 13.2 Å². The number of nitrogens with zero attached hydrogens (tertiary/aromatic N) is 2. The fourth-order valence-corrected chi connectivity index (χ4v) is 3.38. The highest BCUT2D eigenvalue weighted by atomic mass is 32.1. The zero-order valence-corrected chi connectivity index (χ0v) is 12.6. The van der Waals surface area contributed by atoms with Gasteiger partial charge in [0.1, 0.15) is 22.5 Å². The van der Waals surface area contributed by atoms with E-state index in [4.69, 9.17) is 9.47 Å². The average molecular weight is 312 g/mol. The first kappa shape index (κ1) is 13.2. The number of methoxy groups -OCH3 is 1. The molecule has 0 spiro atoms. The van der Waals surface area contributed by atoms with Crippen LogP contribution in [0.3, 0.4) is 0 Å². The number of esters is 1. The van der Waals surface area contributed by atoms with Gasteiger partial charge in [0.25, 0.3) is 0 Å². The second-order valence-electron chi connectivity index (χ2n) is 5.11. The Balaban J connectivity index is 1.89. The number of hydrogen-bond acceptors (Lipinski definition) is 6. The monoisotopic (exact) mass is 312 g/mol. The van der Waals surface area contributed by atoms with Crippen LogP contribution in [0.25, 0.3) is 11.0 Å². The van der Waals surface area contributed by atoms with Crippen LogP contribution >= 0.6 is 11.7 Å². The van der Waals surface area contributed by atoms with Crippen molar-refractivity contribution in [2.75, 3.05) is 7.11 Å². The Bertz CT molecular complexity index is 857. The number of aromatic nitrogens is 2. The van der Waals surface area contributed by atoms with Crippen LogP contribution in [0.1, 0.15) is 23.5 Å². The van der Waals surface area contributed by atoms with E-state index in [1.165, 1.54) is 11.7 Å². The highest BCUT2D eigenvalue weighted by molar-refractivity contribution is 7.00. The zero-order chi connectivity index (χ0) is 15.1. The van der Waals surface area contributed by atoms with Gasteiger partial charge in [0.05, 0.1) is 25.3 Å². The minimum atomic E-state index is -0.226. The lowest BCUT2D eigenvalue weighted by atomic mass is 9.85. The number of ether oxygens (including phenoxy) is 2. The first-order chi connectivity index (χ1) is 10.8. The zero-order valence-electron chi connectivity index (χ0n) is 11.8. The molecule has 5 nitrogen and oxygen atoms in total. The number of hydrogen-bond donors (Lipinski definition) is 0. The Morgan fingerprint density at radius 1 is 1.18 bits per heavy atom. The molecule has 2 aromatic carbocycles. The molecule has 4 rings (SSSR count). The molecule has 0 N–H and O–H groups in total. The predicted octanol–water partition coefficient (Wildman–Crippen LogP) is 3.14. The minimum absolute atomic E-state index is 0.0743. The second kappa shape index (κ2) is 5.06. The molecule has 22 heavy (non-hydrogen) atoms. The van der Waals surface area contributed by atoms with Crippen molar-refractivity contribution >= 4 is 28.7 Å². The third kappa shape index (κ3) is 2.03. The van der Waals surface area contributed by atoms with Gasteiger partial charge in [-0.05, 0) is 29.8 Å². The topological polar surface area (TPSA) is 61.3 Å². The summed E-state index contributed by atoms with van der Waals surface area (Å²) >= 11 is 1.17. The maximum atomic E-state index is 11.9. The summed E-state index contributed by atoms with van der Waals surface area (Å²) in [6.07, 6.45) is 0.302. The van der Waals surface area contributed by atoms with Gasteiger partial charge in [-0.2, -0.15) is 8.75 Å². The smallest absolute Gasteiger partial charge is 0.312 e. The summed E-state index contributed by atoms with van der Waals surface area (Å²) in [4.78, 5) is 11.9. The third-order valence-corrected chi connectivity index (χ3v) is 4.43. The largest absolute Gasteiger partial charge is 0.497 e. The van der Waals surface area contributed by atoms with Crippen molar-refractivity contribution in [3.63, 3.8) is 0 Å². The normalized spacial score (nSPS) is 17.1. The minimum Gasteiger partial charge on any atom is -0.497 e. The van der Waals surface area contributed by atoms with Crippen molar-refractivity contribution in [2.24, 2.45) is 0 Å². The number of carbonyl (C=O) groups excluding carboxylic acids is 1. The van der Waals surface area contributed by atoms with E-state index in [-0.39, 0.29) is 11.9 Å². The highest BCUT2D eigenvalue weighted by Gasteiger charge is 2.31. The van der Waals surface area contributed by atoms with Crippen LogP contribution < -0.4 is 9.47 Å². The van der Waals surface area contributed by atoms with Crippen LogP contribution in [-0.2, 0) is 4.79 Å². The van der Waals surface area contributed by atoms with Crippen LogP contribution in [0.2, 0.25) is 0 Å². The van der Waals surface area contributed by atoms with Crippen LogP contribution in [0.4, 0.5) is 0 Å². The summed E-state index contributed by atoms with van der Waals surface area (Å²) in [7, 11) is 1.63. The van der Waals surface area contributed by atoms with Gasteiger partial charge in [0.2, 0.25) is 0 Å². The quantitative estimate of drug-likeness (QED) is 0.537. The Morgan fingerprint density at radius 3 is 2.77 bits per heavy atom. The van der Waals surface area contributed by atoms with Gasteiger partial charge in [-0.25, -0.2) is 0 Å². The molecule has 1 aliphatic rings. The standard InChI is InChI=1S/C16H12N2O3S/c1-20-10-4-2-9(3-5-10)11-8-14(19)21-13-7-6-12-16(15(11)13)18-22-17-12/h2-7,11H,8H2,1H3/t11-/m1/s1. The van der Waals surface area contributed by atoms with Gasteiger partial charge in [0.15, 0.2) is 0 Å². The van der Waals surface area contributed by atoms with Crippen molar-refractivity contribution in [1.82, 2.24) is 8.75 Å². The maximum Gasteiger partial charge on any atom is 0.312 e. The highest BCUT2D eigenvalue weighted by Crippen LogP contribution is 2.42. The Hall–Kier alpha value is -2.47. The molecule has 110 valence electrons. The Kier molecular flexibility index (Phi) is 3.04. The Morgan fingerprint density at radius 2 is 2.00 bits per heavy atom. The van der Waals surface area contributed by atoms with Crippen molar-refractivity contribution in [3.05, 3.63) is 47.5 Å². The summed E-state index contributed by atoms with van der Waals surface area (Å²) in [6, 6.07) is 11.4. The van der Waals surface area contributed by atoms with E-state index in [0.29, 0.717) is 12.2 Å². The van der Waals surface area contributed by atoms with Gasteiger partial charge in [0, 0.05) is 11.5 Å². The van der Waals surface area contributed by atoms with E-state index in [2.05, 4.69) is 8.75 Å². The van der Waals surface area contributed by atoms with Crippen molar-refractivity contribution in [1.29, 1.82) is 0 Å². The lowest BCUT2D eigenvalue weighted by Crippen LogP contribution is -2.21. The molecule has 1 atom stereocenters. The molecule has 0 amide bonds. The molecule has 6 heteroatoms. The lowest BCUT2D eigenvalue weighted by Gasteiger charge is -2.25. The van der Waals surface area contributed by atoms with Crippen molar-refractivity contribution < 1.29 is 14.3 Å². The van der Waals surface area contributed by atoms with E-state index in [0.717, 1.165) is 27.9 Å². The first-order valence-electron chi connectivity index (χ1n) is 6.86. The van der Waals surface area contributed by atoms with Crippen LogP contribution in [-0.4, -0.2) is 21.8 Å². The molecule has 3 aromatic rings. The average Bonchev–Trinajstić information content (AvgIpc) is 3.02. The molecular formula is C16H12N2O3S. The summed E-state index contributed by atoms with van der Waals surface area (Å²) in [5, 5.41) is 0. The van der Waals surface area contributed by atoms with Gasteiger partial charge >= 0.3 is 5.97 Å². The second-order valence-corrected chi connectivity index (χ2v) is 5.64. The molecule has 0 unspecified atom stereocenters. The summed E-state index contributed by atoms with van der Waals surface area (Å²) in [6.45, 7) is 0. The van der Waals surface area contributed by atoms with Crippen LogP contribution in [0.5, 0.6) is 11.5 Å². The predicted molar refractivity (Wildman–Crippen MR) is 82.5 cm³/mol. The van der Waals surface area contributed by atoms with Gasteiger partial charge in [-0.3, -0.25) is 4.79 Å². The molecule has 0 fully saturated rings. The molecule has 0 aliphatic carbocycles. The van der Waals surface area contributed by atoms with E-state index in [9.17, 15) is 4.79 Å². The van der Waals surface area contributed by atoms with Crippen LogP contribution in [0.15, 0.2) is 36.4 Å². The van der Waals surface area contributed by atoms with Gasteiger partial charge in [-0.1, -0.05) is 12.1 Å². The van der Waals surface area contributed by atoms with Crippen LogP contribution in [0, 0.1) is 0 Å². The molecule has 0 saturated carbocycles. The molecule has 0 radical (unpaired) electrons. The van der Waals surface area contributed by atoms with Gasteiger partial charge in [-0.15, -0.1) is 0 Å². The first-order valence-corrected chi connectivity index (χ1v) is 7.59. The summed E-state index contributed by atoms with van der Waals surface area (Å²) in [5.41, 5.74) is 3.63. The Labute approximate surface area is 130 Å². The summed E-state index contributed by atoms with van der Waals surface area (Å²) < 4.78 is 19.2. The third-order valence-electron chi connectivity index (χ3n) is 3.89. The van der Waals surface area contributed by atoms with E-state index in [1.807, 2.05) is 30.3 Å². The number of rotatable bonds is 2. The van der Waals surface area contributed by atoms with E-state index < -0.39 is 0 Å². The molecule has 1 aliphatic heterocycles. The number of carbonyl (C=O) groups is 1. The number of benzene rings is 2. The molecule has 1 aromatic heterocycles. The maximum absolute atomic E-state index is 11.9. The molecular weight excluding hydrogens is 300 g/mol. The van der Waals surface area contributed by atoms with Crippen molar-refractivity contribution in [3.8, 4) is 11.5 Å². The van der Waals surface area contributed by atoms with E-state index >= 15 is 0 Å². The van der Waals surface area contributed by atoms with Crippen molar-refractivity contribution in [2.45, 2.75) is 12.3 Å². The molecule has 0 saturated heterocycles. The number of fused-ring (bicyclic) bond motifs is 3. The fraction of sp³-hybridized carbons (Fsp3) is 0.188. The van der Waals surface area contributed by atoms with Gasteiger partial charge < -0.3 is 9.47 Å².